The predicted molar refractivity (Wildman–Crippen MR) is 65.0 cm³/mol. The Morgan fingerprint density at radius 2 is 2.06 bits per heavy atom. The van der Waals surface area contributed by atoms with Crippen LogP contribution in [0.4, 0.5) is 0 Å². The molecule has 16 heavy (non-hydrogen) atoms. The lowest BCUT2D eigenvalue weighted by atomic mass is 10.1. The van der Waals surface area contributed by atoms with Gasteiger partial charge in [0.05, 0.1) is 6.26 Å². The van der Waals surface area contributed by atoms with Gasteiger partial charge in [0.2, 0.25) is 0 Å². The second kappa shape index (κ2) is 4.46. The van der Waals surface area contributed by atoms with E-state index in [1.165, 1.54) is 25.7 Å². The smallest absolute Gasteiger partial charge is 0.126 e. The summed E-state index contributed by atoms with van der Waals surface area (Å²) in [6, 6.07) is 4.70. The molecule has 2 nitrogen and oxygen atoms in total. The Labute approximate surface area is 96.7 Å². The molecule has 0 aromatic carbocycles. The summed E-state index contributed by atoms with van der Waals surface area (Å²) in [5.41, 5.74) is 0. The van der Waals surface area contributed by atoms with E-state index >= 15 is 0 Å². The minimum Gasteiger partial charge on any atom is -0.465 e. The van der Waals surface area contributed by atoms with Crippen LogP contribution in [0.25, 0.3) is 6.08 Å². The molecule has 2 aliphatic carbocycles. The van der Waals surface area contributed by atoms with Crippen molar-refractivity contribution < 1.29 is 4.42 Å². The molecule has 0 saturated heterocycles. The minimum atomic E-state index is 0.793. The largest absolute Gasteiger partial charge is 0.465 e. The molecule has 86 valence electrons. The van der Waals surface area contributed by atoms with Gasteiger partial charge in [0.25, 0.3) is 0 Å². The molecule has 1 aromatic rings. The van der Waals surface area contributed by atoms with Crippen LogP contribution in [0.5, 0.6) is 0 Å². The quantitative estimate of drug-likeness (QED) is 0.792. The molecule has 1 N–H and O–H groups in total. The molecular weight excluding hydrogens is 198 g/mol. The molecule has 2 fully saturated rings. The van der Waals surface area contributed by atoms with Crippen LogP contribution in [0, 0.1) is 11.8 Å². The van der Waals surface area contributed by atoms with Crippen LogP contribution in [0.1, 0.15) is 31.4 Å². The minimum absolute atomic E-state index is 0.793. The Morgan fingerprint density at radius 1 is 1.31 bits per heavy atom. The molecule has 3 rings (SSSR count). The van der Waals surface area contributed by atoms with Crippen LogP contribution in [0.2, 0.25) is 0 Å². The van der Waals surface area contributed by atoms with Gasteiger partial charge in [-0.15, -0.1) is 0 Å². The van der Waals surface area contributed by atoms with Crippen molar-refractivity contribution in [1.29, 1.82) is 0 Å². The zero-order chi connectivity index (χ0) is 10.8. The summed E-state index contributed by atoms with van der Waals surface area (Å²) in [7, 11) is 0. The number of hydrogen-bond acceptors (Lipinski definition) is 2. The summed E-state index contributed by atoms with van der Waals surface area (Å²) in [4.78, 5) is 0. The van der Waals surface area contributed by atoms with E-state index in [1.54, 1.807) is 6.26 Å². The van der Waals surface area contributed by atoms with Gasteiger partial charge in [0.15, 0.2) is 0 Å². The lowest BCUT2D eigenvalue weighted by Crippen LogP contribution is -2.33. The SMILES string of the molecule is C(=C\c1ccco1)/CNC(C1CC1)C1CC1. The van der Waals surface area contributed by atoms with Gasteiger partial charge in [-0.1, -0.05) is 6.08 Å². The molecule has 0 atom stereocenters. The summed E-state index contributed by atoms with van der Waals surface area (Å²) in [6.07, 6.45) is 11.7. The second-order valence-electron chi connectivity index (χ2n) is 5.03. The van der Waals surface area contributed by atoms with E-state index in [1.807, 2.05) is 18.2 Å². The fourth-order valence-electron chi connectivity index (χ4n) is 2.39. The first kappa shape index (κ1) is 10.2. The van der Waals surface area contributed by atoms with Crippen LogP contribution < -0.4 is 5.32 Å². The van der Waals surface area contributed by atoms with Gasteiger partial charge in [-0.3, -0.25) is 0 Å². The maximum absolute atomic E-state index is 5.25. The average molecular weight is 217 g/mol. The number of nitrogens with one attached hydrogen (secondary N) is 1. The molecule has 0 aliphatic heterocycles. The second-order valence-corrected chi connectivity index (χ2v) is 5.03. The first-order valence-electron chi connectivity index (χ1n) is 6.37. The number of hydrogen-bond donors (Lipinski definition) is 1. The normalized spacial score (nSPS) is 21.1. The highest BCUT2D eigenvalue weighted by Crippen LogP contribution is 2.44. The first-order valence-corrected chi connectivity index (χ1v) is 6.37. The molecule has 2 aliphatic rings. The predicted octanol–water partition coefficient (Wildman–Crippen LogP) is 3.07. The molecular formula is C14H19NO. The van der Waals surface area contributed by atoms with Crippen molar-refractivity contribution in [3.63, 3.8) is 0 Å². The highest BCUT2D eigenvalue weighted by Gasteiger charge is 2.40. The van der Waals surface area contributed by atoms with Gasteiger partial charge in [-0.2, -0.15) is 0 Å². The fraction of sp³-hybridized carbons (Fsp3) is 0.571. The van der Waals surface area contributed by atoms with Crippen molar-refractivity contribution >= 4 is 6.08 Å². The van der Waals surface area contributed by atoms with Gasteiger partial charge in [0.1, 0.15) is 5.76 Å². The van der Waals surface area contributed by atoms with Crippen LogP contribution in [0.3, 0.4) is 0 Å². The standard InChI is InChI=1S/C14H19NO/c1(3-13-4-2-10-16-13)9-15-14(11-5-6-11)12-7-8-12/h1-4,10-12,14-15H,5-9H2/b3-1+. The molecule has 0 spiro atoms. The van der Waals surface area contributed by atoms with Crippen LogP contribution in [-0.2, 0) is 0 Å². The molecule has 1 heterocycles. The van der Waals surface area contributed by atoms with Crippen molar-refractivity contribution in [2.24, 2.45) is 11.8 Å². The monoisotopic (exact) mass is 217 g/mol. The van der Waals surface area contributed by atoms with Crippen LogP contribution in [-0.4, -0.2) is 12.6 Å². The summed E-state index contributed by atoms with van der Waals surface area (Å²) < 4.78 is 5.25. The summed E-state index contributed by atoms with van der Waals surface area (Å²) in [5.74, 6) is 2.89. The maximum atomic E-state index is 5.25. The summed E-state index contributed by atoms with van der Waals surface area (Å²) in [6.45, 7) is 0.971. The zero-order valence-corrected chi connectivity index (χ0v) is 9.56. The van der Waals surface area contributed by atoms with Crippen molar-refractivity contribution in [2.45, 2.75) is 31.7 Å². The highest BCUT2D eigenvalue weighted by molar-refractivity contribution is 5.42. The average Bonchev–Trinajstić information content (AvgIpc) is 3.20. The molecule has 0 amide bonds. The van der Waals surface area contributed by atoms with E-state index in [0.29, 0.717) is 0 Å². The van der Waals surface area contributed by atoms with E-state index in [9.17, 15) is 0 Å². The Kier molecular flexibility index (Phi) is 2.83. The first-order chi connectivity index (χ1) is 7.93. The van der Waals surface area contributed by atoms with Gasteiger partial charge < -0.3 is 9.73 Å². The maximum Gasteiger partial charge on any atom is 0.126 e. The van der Waals surface area contributed by atoms with Gasteiger partial charge in [-0.25, -0.2) is 0 Å². The third kappa shape index (κ3) is 2.56. The molecule has 0 radical (unpaired) electrons. The van der Waals surface area contributed by atoms with Crippen LogP contribution >= 0.6 is 0 Å². The highest BCUT2D eigenvalue weighted by atomic mass is 16.3. The number of furan rings is 1. The van der Waals surface area contributed by atoms with Gasteiger partial charge in [0, 0.05) is 12.6 Å². The third-order valence-electron chi connectivity index (χ3n) is 3.56. The van der Waals surface area contributed by atoms with E-state index in [-0.39, 0.29) is 0 Å². The Balaban J connectivity index is 1.44. The molecule has 2 saturated carbocycles. The molecule has 1 aromatic heterocycles. The van der Waals surface area contributed by atoms with Crippen LogP contribution in [0.15, 0.2) is 28.9 Å². The Hall–Kier alpha value is -1.02. The lowest BCUT2D eigenvalue weighted by Gasteiger charge is -2.15. The topological polar surface area (TPSA) is 25.2 Å². The van der Waals surface area contributed by atoms with E-state index in [2.05, 4.69) is 11.4 Å². The third-order valence-corrected chi connectivity index (χ3v) is 3.56. The zero-order valence-electron chi connectivity index (χ0n) is 9.56. The van der Waals surface area contributed by atoms with Crippen molar-refractivity contribution in [2.75, 3.05) is 6.54 Å². The van der Waals surface area contributed by atoms with E-state index < -0.39 is 0 Å². The fourth-order valence-corrected chi connectivity index (χ4v) is 2.39. The Bertz CT molecular complexity index is 335. The van der Waals surface area contributed by atoms with Gasteiger partial charge >= 0.3 is 0 Å². The summed E-state index contributed by atoms with van der Waals surface area (Å²) >= 11 is 0. The molecule has 0 unspecified atom stereocenters. The Morgan fingerprint density at radius 3 is 2.62 bits per heavy atom. The molecule has 2 heteroatoms. The lowest BCUT2D eigenvalue weighted by molar-refractivity contribution is 0.436. The van der Waals surface area contributed by atoms with E-state index in [0.717, 1.165) is 30.2 Å². The van der Waals surface area contributed by atoms with E-state index in [4.69, 9.17) is 4.42 Å². The molecule has 0 bridgehead atoms. The van der Waals surface area contributed by atoms with Crippen molar-refractivity contribution in [3.05, 3.63) is 30.2 Å². The van der Waals surface area contributed by atoms with Crippen molar-refractivity contribution in [3.8, 4) is 0 Å². The van der Waals surface area contributed by atoms with Gasteiger partial charge in [-0.05, 0) is 55.7 Å². The van der Waals surface area contributed by atoms with Crippen molar-refractivity contribution in [1.82, 2.24) is 5.32 Å². The number of rotatable bonds is 6. The summed E-state index contributed by atoms with van der Waals surface area (Å²) in [5, 5.41) is 3.68.